The van der Waals surface area contributed by atoms with Crippen molar-refractivity contribution in [2.45, 2.75) is 4.90 Å². The Hall–Kier alpha value is -2.58. The number of nitrogens with one attached hydrogen (secondary N) is 1. The molecule has 0 aliphatic heterocycles. The summed E-state index contributed by atoms with van der Waals surface area (Å²) in [5, 5.41) is 2.57. The van der Waals surface area contributed by atoms with Gasteiger partial charge in [0.15, 0.2) is 0 Å². The summed E-state index contributed by atoms with van der Waals surface area (Å²) in [7, 11) is -4.49. The Morgan fingerprint density at radius 3 is 2.24 bits per heavy atom. The molecule has 2 aromatic carbocycles. The van der Waals surface area contributed by atoms with Crippen LogP contribution in [0.15, 0.2) is 47.4 Å². The summed E-state index contributed by atoms with van der Waals surface area (Å²) in [4.78, 5) is 11.5. The Balaban J connectivity index is 2.30. The molecule has 6 N–H and O–H groups in total. The Morgan fingerprint density at radius 1 is 1.05 bits per heavy atom. The van der Waals surface area contributed by atoms with E-state index in [2.05, 4.69) is 5.32 Å². The van der Waals surface area contributed by atoms with E-state index < -0.39 is 20.9 Å². The van der Waals surface area contributed by atoms with Gasteiger partial charge in [-0.1, -0.05) is 0 Å². The van der Waals surface area contributed by atoms with Crippen LogP contribution in [0.25, 0.3) is 0 Å². The number of nitrogens with two attached hydrogens (primary N) is 2. The van der Waals surface area contributed by atoms with Crippen molar-refractivity contribution >= 4 is 33.1 Å². The van der Waals surface area contributed by atoms with E-state index in [0.717, 1.165) is 6.07 Å². The lowest BCUT2D eigenvalue weighted by Crippen LogP contribution is -2.13. The molecule has 7 nitrogen and oxygen atoms in total. The summed E-state index contributed by atoms with van der Waals surface area (Å²) in [6, 6.07) is 10.0. The van der Waals surface area contributed by atoms with Crippen LogP contribution < -0.4 is 16.8 Å². The molecule has 2 aromatic rings. The van der Waals surface area contributed by atoms with Crippen LogP contribution in [0, 0.1) is 0 Å². The zero-order valence-electron chi connectivity index (χ0n) is 10.8. The number of nitrogen functional groups attached to an aromatic ring is 2. The van der Waals surface area contributed by atoms with Crippen LogP contribution in [0.1, 0.15) is 10.4 Å². The van der Waals surface area contributed by atoms with Crippen molar-refractivity contribution in [3.8, 4) is 0 Å². The van der Waals surface area contributed by atoms with Crippen LogP contribution in [0.4, 0.5) is 17.1 Å². The summed E-state index contributed by atoms with van der Waals surface area (Å²) in [5.74, 6) is -0.537. The first kappa shape index (κ1) is 14.8. The molecule has 110 valence electrons. The molecule has 1 amide bonds. The summed E-state index contributed by atoms with van der Waals surface area (Å²) in [6.45, 7) is 0. The number of carbonyl (C=O) groups is 1. The Labute approximate surface area is 121 Å². The topological polar surface area (TPSA) is 136 Å². The van der Waals surface area contributed by atoms with Gasteiger partial charge >= 0.3 is 0 Å². The van der Waals surface area contributed by atoms with Crippen molar-refractivity contribution < 1.29 is 17.8 Å². The van der Waals surface area contributed by atoms with Crippen LogP contribution in [0.2, 0.25) is 0 Å². The summed E-state index contributed by atoms with van der Waals surface area (Å²) in [5.41, 5.74) is 12.0. The van der Waals surface area contributed by atoms with E-state index in [1.165, 1.54) is 12.1 Å². The summed E-state index contributed by atoms with van der Waals surface area (Å²) < 4.78 is 31.4. The predicted octanol–water partition coefficient (Wildman–Crippen LogP) is 1.35. The van der Waals surface area contributed by atoms with Crippen LogP contribution >= 0.6 is 0 Å². The van der Waals surface area contributed by atoms with Gasteiger partial charge in [-0.15, -0.1) is 0 Å². The van der Waals surface area contributed by atoms with E-state index in [4.69, 9.17) is 16.0 Å². The van der Waals surface area contributed by atoms with Crippen LogP contribution in [-0.4, -0.2) is 18.9 Å². The molecule has 0 atom stereocenters. The average molecular weight is 307 g/mol. The minimum Gasteiger partial charge on any atom is -0.399 e. The smallest absolute Gasteiger partial charge is 0.296 e. The minimum atomic E-state index is -4.49. The number of anilines is 3. The lowest BCUT2D eigenvalue weighted by Gasteiger charge is -2.08. The molecule has 0 unspecified atom stereocenters. The quantitative estimate of drug-likeness (QED) is 0.499. The fraction of sp³-hybridized carbons (Fsp3) is 0. The zero-order chi connectivity index (χ0) is 15.6. The first-order chi connectivity index (χ1) is 9.77. The van der Waals surface area contributed by atoms with Gasteiger partial charge in [-0.2, -0.15) is 8.42 Å². The monoisotopic (exact) mass is 307 g/mol. The lowest BCUT2D eigenvalue weighted by atomic mass is 10.2. The molecule has 0 aliphatic carbocycles. The second-order valence-electron chi connectivity index (χ2n) is 4.30. The Kier molecular flexibility index (Phi) is 3.83. The third kappa shape index (κ3) is 3.50. The van der Waals surface area contributed by atoms with Gasteiger partial charge in [-0.05, 0) is 42.5 Å². The second-order valence-corrected chi connectivity index (χ2v) is 5.69. The molecule has 0 spiro atoms. The molecule has 8 heteroatoms. The van der Waals surface area contributed by atoms with Crippen LogP contribution in [0.5, 0.6) is 0 Å². The van der Waals surface area contributed by atoms with Crippen LogP contribution in [-0.2, 0) is 10.1 Å². The van der Waals surface area contributed by atoms with E-state index in [-0.39, 0.29) is 11.3 Å². The molecule has 0 bridgehead atoms. The number of hydrogen-bond acceptors (Lipinski definition) is 5. The van der Waals surface area contributed by atoms with Gasteiger partial charge in [0, 0.05) is 16.9 Å². The van der Waals surface area contributed by atoms with E-state index in [0.29, 0.717) is 11.4 Å². The largest absolute Gasteiger partial charge is 0.399 e. The second kappa shape index (κ2) is 5.43. The molecule has 0 radical (unpaired) electrons. The standard InChI is InChI=1S/C13H13N3O4S/c14-9-2-4-10(5-3-9)16-13(17)8-1-6-11(15)12(7-8)21(18,19)20/h1-7H,14-15H2,(H,16,17)(H,18,19,20). The fourth-order valence-corrected chi connectivity index (χ4v) is 2.31. The normalized spacial score (nSPS) is 11.1. The van der Waals surface area contributed by atoms with Crippen molar-refractivity contribution in [1.82, 2.24) is 0 Å². The maximum Gasteiger partial charge on any atom is 0.296 e. The maximum atomic E-state index is 12.0. The number of benzene rings is 2. The lowest BCUT2D eigenvalue weighted by molar-refractivity contribution is 0.102. The molecule has 0 aromatic heterocycles. The van der Waals surface area contributed by atoms with Crippen molar-refractivity contribution in [2.24, 2.45) is 0 Å². The van der Waals surface area contributed by atoms with E-state index in [9.17, 15) is 13.2 Å². The first-order valence-electron chi connectivity index (χ1n) is 5.81. The van der Waals surface area contributed by atoms with Gasteiger partial charge < -0.3 is 16.8 Å². The van der Waals surface area contributed by atoms with Gasteiger partial charge in [0.2, 0.25) is 0 Å². The van der Waals surface area contributed by atoms with Crippen molar-refractivity contribution in [2.75, 3.05) is 16.8 Å². The molecule has 0 fully saturated rings. The van der Waals surface area contributed by atoms with E-state index >= 15 is 0 Å². The molecular weight excluding hydrogens is 294 g/mol. The van der Waals surface area contributed by atoms with Crippen LogP contribution in [0.3, 0.4) is 0 Å². The Morgan fingerprint density at radius 2 is 1.67 bits per heavy atom. The number of carbonyl (C=O) groups excluding carboxylic acids is 1. The first-order valence-corrected chi connectivity index (χ1v) is 7.25. The number of rotatable bonds is 3. The average Bonchev–Trinajstić information content (AvgIpc) is 2.40. The highest BCUT2D eigenvalue weighted by atomic mass is 32.2. The highest BCUT2D eigenvalue weighted by molar-refractivity contribution is 7.86. The SMILES string of the molecule is Nc1ccc(NC(=O)c2ccc(N)c(S(=O)(=O)O)c2)cc1. The highest BCUT2D eigenvalue weighted by Crippen LogP contribution is 2.20. The van der Waals surface area contributed by atoms with Crippen molar-refractivity contribution in [3.63, 3.8) is 0 Å². The van der Waals surface area contributed by atoms with Crippen molar-refractivity contribution in [1.29, 1.82) is 0 Å². The molecule has 2 rings (SSSR count). The molecule has 21 heavy (non-hydrogen) atoms. The van der Waals surface area contributed by atoms with Gasteiger partial charge in [0.05, 0.1) is 5.69 Å². The minimum absolute atomic E-state index is 0.0497. The molecular formula is C13H13N3O4S. The summed E-state index contributed by atoms with van der Waals surface area (Å²) >= 11 is 0. The summed E-state index contributed by atoms with van der Waals surface area (Å²) in [6.07, 6.45) is 0. The molecule has 0 saturated carbocycles. The van der Waals surface area contributed by atoms with Gasteiger partial charge in [0.1, 0.15) is 4.90 Å². The van der Waals surface area contributed by atoms with Gasteiger partial charge in [-0.25, -0.2) is 0 Å². The number of hydrogen-bond donors (Lipinski definition) is 4. The maximum absolute atomic E-state index is 12.0. The Bertz CT molecular complexity index is 786. The number of amides is 1. The molecule has 0 aliphatic rings. The fourth-order valence-electron chi connectivity index (χ4n) is 1.67. The van der Waals surface area contributed by atoms with Crippen molar-refractivity contribution in [3.05, 3.63) is 48.0 Å². The highest BCUT2D eigenvalue weighted by Gasteiger charge is 2.17. The van der Waals surface area contributed by atoms with E-state index in [1.54, 1.807) is 24.3 Å². The third-order valence-electron chi connectivity index (χ3n) is 2.72. The van der Waals surface area contributed by atoms with Gasteiger partial charge in [0.25, 0.3) is 16.0 Å². The zero-order valence-corrected chi connectivity index (χ0v) is 11.6. The van der Waals surface area contributed by atoms with E-state index in [1.807, 2.05) is 0 Å². The third-order valence-corrected chi connectivity index (χ3v) is 3.63. The van der Waals surface area contributed by atoms with Gasteiger partial charge in [-0.3, -0.25) is 9.35 Å². The molecule has 0 saturated heterocycles. The molecule has 0 heterocycles. The predicted molar refractivity (Wildman–Crippen MR) is 79.5 cm³/mol.